The molecule has 0 aliphatic rings. The number of amides is 1. The number of carbonyl (C=O) groups excluding carboxylic acids is 1. The number of hydrogen-bond acceptors (Lipinski definition) is 3. The van der Waals surface area contributed by atoms with Crippen LogP contribution in [0.15, 0.2) is 79.0 Å². The molecule has 1 heterocycles. The third-order valence-electron chi connectivity index (χ3n) is 6.80. The van der Waals surface area contributed by atoms with Crippen molar-refractivity contribution >= 4 is 40.1 Å². The Morgan fingerprint density at radius 3 is 2.35 bits per heavy atom. The highest BCUT2D eigenvalue weighted by Crippen LogP contribution is 2.40. The maximum absolute atomic E-state index is 14.2. The SMILES string of the molecule is CCCCCC(C(=O)O)(c1ccc(Cl)cc1)N(C(=O)Cc1c[nH]c2ccccc12)c1ccc(OC)cc1. The minimum atomic E-state index is -1.63. The van der Waals surface area contributed by atoms with Crippen LogP contribution < -0.4 is 9.64 Å². The van der Waals surface area contributed by atoms with Gasteiger partial charge in [-0.2, -0.15) is 0 Å². The number of unbranched alkanes of at least 4 members (excludes halogenated alkanes) is 2. The van der Waals surface area contributed by atoms with Crippen LogP contribution in [0.1, 0.15) is 43.7 Å². The van der Waals surface area contributed by atoms with E-state index in [4.69, 9.17) is 16.3 Å². The van der Waals surface area contributed by atoms with Crippen LogP contribution >= 0.6 is 11.6 Å². The second-order valence-corrected chi connectivity index (χ2v) is 9.53. The summed E-state index contributed by atoms with van der Waals surface area (Å²) in [6.07, 6.45) is 4.50. The van der Waals surface area contributed by atoms with Gasteiger partial charge in [-0.25, -0.2) is 4.79 Å². The van der Waals surface area contributed by atoms with Crippen molar-refractivity contribution in [2.75, 3.05) is 12.0 Å². The van der Waals surface area contributed by atoms with Gasteiger partial charge in [0.2, 0.25) is 5.91 Å². The van der Waals surface area contributed by atoms with Crippen molar-refractivity contribution in [3.05, 3.63) is 95.1 Å². The van der Waals surface area contributed by atoms with Gasteiger partial charge in [0.1, 0.15) is 5.75 Å². The molecular formula is C30H31ClN2O4. The average Bonchev–Trinajstić information content (AvgIpc) is 3.31. The Balaban J connectivity index is 1.89. The number of rotatable bonds is 11. The van der Waals surface area contributed by atoms with E-state index in [9.17, 15) is 14.7 Å². The number of nitrogens with one attached hydrogen (secondary N) is 1. The normalized spacial score (nSPS) is 12.7. The lowest BCUT2D eigenvalue weighted by molar-refractivity contribution is -0.146. The third kappa shape index (κ3) is 5.35. The van der Waals surface area contributed by atoms with Gasteiger partial charge < -0.3 is 14.8 Å². The molecule has 1 unspecified atom stereocenters. The van der Waals surface area contributed by atoms with Crippen molar-refractivity contribution in [3.63, 3.8) is 0 Å². The number of aromatic amines is 1. The van der Waals surface area contributed by atoms with Gasteiger partial charge in [0.05, 0.1) is 13.5 Å². The van der Waals surface area contributed by atoms with E-state index in [1.165, 1.54) is 4.90 Å². The lowest BCUT2D eigenvalue weighted by atomic mass is 9.81. The summed E-state index contributed by atoms with van der Waals surface area (Å²) in [5.74, 6) is -0.788. The largest absolute Gasteiger partial charge is 0.497 e. The number of halogens is 1. The number of anilines is 1. The number of aromatic nitrogens is 1. The van der Waals surface area contributed by atoms with E-state index >= 15 is 0 Å². The molecule has 6 nitrogen and oxygen atoms in total. The van der Waals surface area contributed by atoms with Crippen LogP contribution in [0.4, 0.5) is 5.69 Å². The van der Waals surface area contributed by atoms with Crippen molar-refractivity contribution in [2.45, 2.75) is 44.6 Å². The maximum atomic E-state index is 14.2. The number of hydrogen-bond donors (Lipinski definition) is 2. The number of methoxy groups -OCH3 is 1. The number of benzene rings is 3. The number of nitrogens with zero attached hydrogens (tertiary/aromatic N) is 1. The summed E-state index contributed by atoms with van der Waals surface area (Å²) >= 11 is 6.17. The number of ether oxygens (including phenoxy) is 1. The van der Waals surface area contributed by atoms with E-state index in [0.29, 0.717) is 28.4 Å². The van der Waals surface area contributed by atoms with E-state index in [0.717, 1.165) is 29.3 Å². The molecule has 3 aromatic carbocycles. The summed E-state index contributed by atoms with van der Waals surface area (Å²) < 4.78 is 5.31. The zero-order valence-corrected chi connectivity index (χ0v) is 21.8. The van der Waals surface area contributed by atoms with Crippen molar-refractivity contribution in [1.82, 2.24) is 4.98 Å². The summed E-state index contributed by atoms with van der Waals surface area (Å²) in [7, 11) is 1.56. The van der Waals surface area contributed by atoms with E-state index in [2.05, 4.69) is 11.9 Å². The minimum Gasteiger partial charge on any atom is -0.497 e. The van der Waals surface area contributed by atoms with Crippen LogP contribution in [-0.2, 0) is 21.5 Å². The summed E-state index contributed by atoms with van der Waals surface area (Å²) in [5.41, 5.74) is 1.09. The number of carboxylic acids is 1. The van der Waals surface area contributed by atoms with Crippen molar-refractivity contribution in [1.29, 1.82) is 0 Å². The molecule has 0 fully saturated rings. The fraction of sp³-hybridized carbons (Fsp3) is 0.267. The van der Waals surface area contributed by atoms with E-state index in [-0.39, 0.29) is 18.7 Å². The molecule has 0 aliphatic carbocycles. The van der Waals surface area contributed by atoms with Gasteiger partial charge >= 0.3 is 5.97 Å². The molecule has 192 valence electrons. The Labute approximate surface area is 221 Å². The van der Waals surface area contributed by atoms with Gasteiger partial charge in [0.25, 0.3) is 0 Å². The van der Waals surface area contributed by atoms with E-state index in [1.54, 1.807) is 55.6 Å². The fourth-order valence-electron chi connectivity index (χ4n) is 4.90. The zero-order valence-electron chi connectivity index (χ0n) is 21.0. The van der Waals surface area contributed by atoms with Gasteiger partial charge in [-0.1, -0.05) is 68.1 Å². The van der Waals surface area contributed by atoms with Crippen LogP contribution in [0.2, 0.25) is 5.02 Å². The van der Waals surface area contributed by atoms with Crippen molar-refractivity contribution in [2.24, 2.45) is 0 Å². The molecule has 4 rings (SSSR count). The van der Waals surface area contributed by atoms with Crippen LogP contribution in [-0.4, -0.2) is 29.1 Å². The van der Waals surface area contributed by atoms with Gasteiger partial charge in [-0.3, -0.25) is 9.69 Å². The number of fused-ring (bicyclic) bond motifs is 1. The highest BCUT2D eigenvalue weighted by Gasteiger charge is 2.48. The Bertz CT molecular complexity index is 1360. The van der Waals surface area contributed by atoms with Crippen LogP contribution in [0.25, 0.3) is 10.9 Å². The fourth-order valence-corrected chi connectivity index (χ4v) is 5.02. The molecule has 0 saturated heterocycles. The van der Waals surface area contributed by atoms with Crippen molar-refractivity contribution in [3.8, 4) is 5.75 Å². The Morgan fingerprint density at radius 1 is 1.00 bits per heavy atom. The molecule has 37 heavy (non-hydrogen) atoms. The first-order valence-corrected chi connectivity index (χ1v) is 12.8. The molecule has 2 N–H and O–H groups in total. The van der Waals surface area contributed by atoms with Gasteiger partial charge in [0.15, 0.2) is 5.54 Å². The second kappa shape index (κ2) is 11.5. The maximum Gasteiger partial charge on any atom is 0.334 e. The monoisotopic (exact) mass is 518 g/mol. The van der Waals surface area contributed by atoms with Crippen LogP contribution in [0.3, 0.4) is 0 Å². The number of carbonyl (C=O) groups is 2. The molecule has 0 bridgehead atoms. The first-order valence-electron chi connectivity index (χ1n) is 12.4. The molecule has 0 radical (unpaired) electrons. The Kier molecular flexibility index (Phi) is 8.19. The second-order valence-electron chi connectivity index (χ2n) is 9.09. The molecule has 1 atom stereocenters. The van der Waals surface area contributed by atoms with Crippen LogP contribution in [0, 0.1) is 0 Å². The Morgan fingerprint density at radius 2 is 1.70 bits per heavy atom. The highest BCUT2D eigenvalue weighted by molar-refractivity contribution is 6.30. The third-order valence-corrected chi connectivity index (χ3v) is 7.05. The summed E-state index contributed by atoms with van der Waals surface area (Å²) in [5, 5.41) is 12.3. The molecule has 0 saturated carbocycles. The molecule has 1 amide bonds. The lowest BCUT2D eigenvalue weighted by Crippen LogP contribution is -2.55. The molecular weight excluding hydrogens is 488 g/mol. The lowest BCUT2D eigenvalue weighted by Gasteiger charge is -2.41. The molecule has 0 aliphatic heterocycles. The summed E-state index contributed by atoms with van der Waals surface area (Å²) in [6, 6.07) is 21.5. The number of carboxylic acid groups (broad SMARTS) is 1. The average molecular weight is 519 g/mol. The van der Waals surface area contributed by atoms with Gasteiger partial charge in [-0.05, 0) is 60.0 Å². The van der Waals surface area contributed by atoms with Gasteiger partial charge in [0, 0.05) is 27.8 Å². The van der Waals surface area contributed by atoms with Crippen LogP contribution in [0.5, 0.6) is 5.75 Å². The van der Waals surface area contributed by atoms with E-state index in [1.807, 2.05) is 30.5 Å². The molecule has 0 spiro atoms. The summed E-state index contributed by atoms with van der Waals surface area (Å²) in [6.45, 7) is 2.06. The predicted molar refractivity (Wildman–Crippen MR) is 147 cm³/mol. The number of H-pyrrole nitrogens is 1. The molecule has 7 heteroatoms. The standard InChI is InChI=1S/C30H31ClN2O4/c1-3-4-7-18-30(29(35)36,22-10-12-23(31)13-11-22)33(24-14-16-25(37-2)17-15-24)28(34)19-21-20-32-27-9-6-5-8-26(21)27/h5-6,8-17,20,32H,3-4,7,18-19H2,1-2H3,(H,35,36). The smallest absolute Gasteiger partial charge is 0.334 e. The van der Waals surface area contributed by atoms with E-state index < -0.39 is 11.5 Å². The number of para-hydroxylation sites is 1. The first kappa shape index (κ1) is 26.3. The minimum absolute atomic E-state index is 0.0342. The molecule has 1 aromatic heterocycles. The first-order chi connectivity index (χ1) is 17.9. The summed E-state index contributed by atoms with van der Waals surface area (Å²) in [4.78, 5) is 32.2. The zero-order chi connectivity index (χ0) is 26.4. The molecule has 4 aromatic rings. The van der Waals surface area contributed by atoms with Gasteiger partial charge in [-0.15, -0.1) is 0 Å². The quantitative estimate of drug-likeness (QED) is 0.210. The number of aliphatic carboxylic acids is 1. The Hall–Kier alpha value is -3.77. The highest BCUT2D eigenvalue weighted by atomic mass is 35.5. The predicted octanol–water partition coefficient (Wildman–Crippen LogP) is 6.97. The van der Waals surface area contributed by atoms with Crippen molar-refractivity contribution < 1.29 is 19.4 Å². The topological polar surface area (TPSA) is 82.6 Å².